The first kappa shape index (κ1) is 16.9. The third kappa shape index (κ3) is 3.67. The van der Waals surface area contributed by atoms with Gasteiger partial charge in [0.25, 0.3) is 0 Å². The molecule has 5 nitrogen and oxygen atoms in total. The maximum absolute atomic E-state index is 12.6. The molecule has 25 heavy (non-hydrogen) atoms. The molecule has 1 aromatic rings. The molecule has 2 saturated heterocycles. The zero-order valence-corrected chi connectivity index (χ0v) is 15.2. The van der Waals surface area contributed by atoms with Crippen molar-refractivity contribution >= 4 is 5.91 Å². The van der Waals surface area contributed by atoms with Crippen molar-refractivity contribution in [1.29, 1.82) is 0 Å². The van der Waals surface area contributed by atoms with Crippen LogP contribution in [0.15, 0.2) is 18.2 Å². The lowest BCUT2D eigenvalue weighted by atomic mass is 10.1. The Labute approximate surface area is 150 Å². The summed E-state index contributed by atoms with van der Waals surface area (Å²) in [5.74, 6) is 1.38. The highest BCUT2D eigenvalue weighted by Crippen LogP contribution is 2.26. The number of benzene rings is 1. The van der Waals surface area contributed by atoms with Crippen molar-refractivity contribution < 1.29 is 9.53 Å². The van der Waals surface area contributed by atoms with Gasteiger partial charge < -0.3 is 9.64 Å². The average Bonchev–Trinajstić information content (AvgIpc) is 3.32. The van der Waals surface area contributed by atoms with E-state index >= 15 is 0 Å². The van der Waals surface area contributed by atoms with E-state index in [1.807, 2.05) is 4.90 Å². The standard InChI is InChI=1S/C20H29N3O2/c1-16(20(24)23-7-2-3-8-23)22-11-9-21(10-12-22)15-17-4-5-19-18(14-17)6-13-25-19/h4-5,14,16H,2-3,6-13,15H2,1H3. The third-order valence-corrected chi connectivity index (χ3v) is 5.89. The maximum Gasteiger partial charge on any atom is 0.239 e. The molecule has 0 spiro atoms. The second kappa shape index (κ2) is 7.34. The largest absolute Gasteiger partial charge is 0.493 e. The van der Waals surface area contributed by atoms with Crippen molar-refractivity contribution in [2.45, 2.75) is 38.8 Å². The fourth-order valence-corrected chi connectivity index (χ4v) is 4.26. The van der Waals surface area contributed by atoms with E-state index in [9.17, 15) is 4.79 Å². The van der Waals surface area contributed by atoms with Gasteiger partial charge in [0.05, 0.1) is 12.6 Å². The van der Waals surface area contributed by atoms with Gasteiger partial charge in [0.2, 0.25) is 5.91 Å². The second-order valence-corrected chi connectivity index (χ2v) is 7.56. The number of fused-ring (bicyclic) bond motifs is 1. The number of carbonyl (C=O) groups is 1. The molecular formula is C20H29N3O2. The normalized spacial score (nSPS) is 22.7. The van der Waals surface area contributed by atoms with Crippen LogP contribution in [0, 0.1) is 0 Å². The highest BCUT2D eigenvalue weighted by atomic mass is 16.5. The van der Waals surface area contributed by atoms with Gasteiger partial charge in [-0.25, -0.2) is 0 Å². The van der Waals surface area contributed by atoms with Gasteiger partial charge in [-0.2, -0.15) is 0 Å². The van der Waals surface area contributed by atoms with E-state index in [0.29, 0.717) is 5.91 Å². The van der Waals surface area contributed by atoms with Crippen molar-refractivity contribution in [2.75, 3.05) is 45.9 Å². The Balaban J connectivity index is 1.28. The van der Waals surface area contributed by atoms with Crippen molar-refractivity contribution in [2.24, 2.45) is 0 Å². The minimum Gasteiger partial charge on any atom is -0.493 e. The van der Waals surface area contributed by atoms with Gasteiger partial charge in [-0.1, -0.05) is 12.1 Å². The molecule has 1 atom stereocenters. The Morgan fingerprint density at radius 2 is 1.88 bits per heavy atom. The minimum atomic E-state index is 0.0254. The zero-order chi connectivity index (χ0) is 17.2. The van der Waals surface area contributed by atoms with Gasteiger partial charge in [0.15, 0.2) is 0 Å². The van der Waals surface area contributed by atoms with Crippen LogP contribution < -0.4 is 4.74 Å². The van der Waals surface area contributed by atoms with E-state index in [4.69, 9.17) is 4.74 Å². The number of piperazine rings is 1. The summed E-state index contributed by atoms with van der Waals surface area (Å²) in [4.78, 5) is 19.5. The molecule has 0 aliphatic carbocycles. The molecule has 136 valence electrons. The molecule has 1 unspecified atom stereocenters. The lowest BCUT2D eigenvalue weighted by Gasteiger charge is -2.38. The highest BCUT2D eigenvalue weighted by Gasteiger charge is 2.29. The van der Waals surface area contributed by atoms with Crippen LogP contribution in [-0.2, 0) is 17.8 Å². The second-order valence-electron chi connectivity index (χ2n) is 7.56. The van der Waals surface area contributed by atoms with Crippen LogP contribution in [-0.4, -0.2) is 72.5 Å². The summed E-state index contributed by atoms with van der Waals surface area (Å²) in [5.41, 5.74) is 2.72. The number of carbonyl (C=O) groups excluding carboxylic acids is 1. The summed E-state index contributed by atoms with van der Waals surface area (Å²) in [7, 11) is 0. The molecule has 0 N–H and O–H groups in total. The Hall–Kier alpha value is -1.59. The molecule has 4 rings (SSSR count). The number of ether oxygens (including phenoxy) is 1. The van der Waals surface area contributed by atoms with Gasteiger partial charge in [0, 0.05) is 52.2 Å². The van der Waals surface area contributed by atoms with Crippen LogP contribution in [0.4, 0.5) is 0 Å². The quantitative estimate of drug-likeness (QED) is 0.835. The van der Waals surface area contributed by atoms with Crippen LogP contribution in [0.25, 0.3) is 0 Å². The summed E-state index contributed by atoms with van der Waals surface area (Å²) in [6, 6.07) is 6.63. The monoisotopic (exact) mass is 343 g/mol. The molecule has 2 fully saturated rings. The molecule has 0 bridgehead atoms. The van der Waals surface area contributed by atoms with Crippen molar-refractivity contribution in [3.63, 3.8) is 0 Å². The summed E-state index contributed by atoms with van der Waals surface area (Å²) in [6.45, 7) is 9.82. The molecule has 1 amide bonds. The van der Waals surface area contributed by atoms with E-state index in [1.54, 1.807) is 0 Å². The molecule has 3 aliphatic heterocycles. The fourth-order valence-electron chi connectivity index (χ4n) is 4.26. The lowest BCUT2D eigenvalue weighted by Crippen LogP contribution is -2.54. The fraction of sp³-hybridized carbons (Fsp3) is 0.650. The van der Waals surface area contributed by atoms with Gasteiger partial charge in [-0.15, -0.1) is 0 Å². The average molecular weight is 343 g/mol. The molecule has 1 aromatic carbocycles. The van der Waals surface area contributed by atoms with E-state index in [-0.39, 0.29) is 6.04 Å². The molecular weight excluding hydrogens is 314 g/mol. The topological polar surface area (TPSA) is 36.0 Å². The van der Waals surface area contributed by atoms with Gasteiger partial charge in [-0.3, -0.25) is 14.6 Å². The first-order valence-corrected chi connectivity index (χ1v) is 9.70. The molecule has 3 heterocycles. The first-order valence-electron chi connectivity index (χ1n) is 9.70. The highest BCUT2D eigenvalue weighted by molar-refractivity contribution is 5.81. The predicted molar refractivity (Wildman–Crippen MR) is 97.8 cm³/mol. The Morgan fingerprint density at radius 3 is 2.64 bits per heavy atom. The van der Waals surface area contributed by atoms with Crippen LogP contribution in [0.2, 0.25) is 0 Å². The minimum absolute atomic E-state index is 0.0254. The van der Waals surface area contributed by atoms with Gasteiger partial charge in [-0.05, 0) is 37.0 Å². The SMILES string of the molecule is CC(C(=O)N1CCCC1)N1CCN(Cc2ccc3c(c2)CCO3)CC1. The first-order chi connectivity index (χ1) is 12.2. The lowest BCUT2D eigenvalue weighted by molar-refractivity contribution is -0.136. The molecule has 0 saturated carbocycles. The third-order valence-electron chi connectivity index (χ3n) is 5.89. The number of rotatable bonds is 4. The Bertz CT molecular complexity index is 619. The van der Waals surface area contributed by atoms with Crippen molar-refractivity contribution in [1.82, 2.24) is 14.7 Å². The number of hydrogen-bond acceptors (Lipinski definition) is 4. The van der Waals surface area contributed by atoms with Crippen LogP contribution in [0.1, 0.15) is 30.9 Å². The number of nitrogens with zero attached hydrogens (tertiary/aromatic N) is 3. The smallest absolute Gasteiger partial charge is 0.239 e. The number of likely N-dealkylation sites (tertiary alicyclic amines) is 1. The van der Waals surface area contributed by atoms with Crippen molar-refractivity contribution in [3.8, 4) is 5.75 Å². The summed E-state index contributed by atoms with van der Waals surface area (Å²) in [5, 5.41) is 0. The van der Waals surface area contributed by atoms with Crippen LogP contribution >= 0.6 is 0 Å². The zero-order valence-electron chi connectivity index (χ0n) is 15.2. The molecule has 5 heteroatoms. The number of amides is 1. The number of hydrogen-bond donors (Lipinski definition) is 0. The van der Waals surface area contributed by atoms with Crippen LogP contribution in [0.3, 0.4) is 0 Å². The Kier molecular flexibility index (Phi) is 4.95. The summed E-state index contributed by atoms with van der Waals surface area (Å²) < 4.78 is 5.59. The Morgan fingerprint density at radius 1 is 1.12 bits per heavy atom. The molecule has 3 aliphatic rings. The van der Waals surface area contributed by atoms with Crippen LogP contribution in [0.5, 0.6) is 5.75 Å². The molecule has 0 aromatic heterocycles. The van der Waals surface area contributed by atoms with Gasteiger partial charge >= 0.3 is 0 Å². The van der Waals surface area contributed by atoms with E-state index in [1.165, 1.54) is 11.1 Å². The maximum atomic E-state index is 12.6. The summed E-state index contributed by atoms with van der Waals surface area (Å²) in [6.07, 6.45) is 3.36. The van der Waals surface area contributed by atoms with Gasteiger partial charge in [0.1, 0.15) is 5.75 Å². The predicted octanol–water partition coefficient (Wildman–Crippen LogP) is 1.75. The van der Waals surface area contributed by atoms with E-state index in [0.717, 1.165) is 77.4 Å². The van der Waals surface area contributed by atoms with Crippen molar-refractivity contribution in [3.05, 3.63) is 29.3 Å². The molecule has 0 radical (unpaired) electrons. The van der Waals surface area contributed by atoms with E-state index < -0.39 is 0 Å². The van der Waals surface area contributed by atoms with E-state index in [2.05, 4.69) is 34.9 Å². The summed E-state index contributed by atoms with van der Waals surface area (Å²) >= 11 is 0.